The maximum absolute atomic E-state index is 11.8. The summed E-state index contributed by atoms with van der Waals surface area (Å²) in [6, 6.07) is 9.98. The van der Waals surface area contributed by atoms with Crippen LogP contribution in [0.2, 0.25) is 0 Å². The summed E-state index contributed by atoms with van der Waals surface area (Å²) >= 11 is 0. The fraction of sp³-hybridized carbons (Fsp3) is 0.407. The van der Waals surface area contributed by atoms with Crippen molar-refractivity contribution in [1.82, 2.24) is 4.57 Å². The van der Waals surface area contributed by atoms with Crippen molar-refractivity contribution in [1.29, 1.82) is 5.26 Å². The number of fused-ring (bicyclic) bond motifs is 1. The lowest BCUT2D eigenvalue weighted by Crippen LogP contribution is -2.28. The molecule has 1 N–H and O–H groups in total. The Kier molecular flexibility index (Phi) is 11.7. The molecule has 0 saturated carbocycles. The van der Waals surface area contributed by atoms with Crippen LogP contribution < -0.4 is 15.9 Å². The number of anilines is 1. The Labute approximate surface area is 192 Å². The first-order chi connectivity index (χ1) is 15.5. The SMILES string of the molecule is CC.CCC.CCCC(=O)Nc1ccc(-c2c(C#N)c3c(n2C)=CC=C(OC)CC=3)cc1. The minimum atomic E-state index is 0.0125. The molecule has 1 aromatic carbocycles. The van der Waals surface area contributed by atoms with Crippen LogP contribution in [0.15, 0.2) is 36.1 Å². The molecule has 2 aromatic rings. The van der Waals surface area contributed by atoms with E-state index in [1.807, 2.05) is 74.9 Å². The largest absolute Gasteiger partial charge is 0.501 e. The minimum Gasteiger partial charge on any atom is -0.501 e. The summed E-state index contributed by atoms with van der Waals surface area (Å²) in [6.07, 6.45) is 9.20. The highest BCUT2D eigenvalue weighted by Gasteiger charge is 2.15. The lowest BCUT2D eigenvalue weighted by atomic mass is 10.1. The number of carbonyl (C=O) groups is 1. The van der Waals surface area contributed by atoms with Gasteiger partial charge in [0, 0.05) is 36.1 Å². The van der Waals surface area contributed by atoms with Crippen LogP contribution in [0, 0.1) is 11.3 Å². The molecule has 32 heavy (non-hydrogen) atoms. The third kappa shape index (κ3) is 6.62. The maximum atomic E-state index is 11.8. The Hall–Kier alpha value is -3.26. The molecule has 0 aliphatic heterocycles. The van der Waals surface area contributed by atoms with E-state index < -0.39 is 0 Å². The summed E-state index contributed by atoms with van der Waals surface area (Å²) in [4.78, 5) is 11.8. The number of amides is 1. The molecule has 1 aromatic heterocycles. The van der Waals surface area contributed by atoms with Crippen LogP contribution >= 0.6 is 0 Å². The van der Waals surface area contributed by atoms with Gasteiger partial charge in [0.2, 0.25) is 5.91 Å². The lowest BCUT2D eigenvalue weighted by Gasteiger charge is -2.08. The van der Waals surface area contributed by atoms with Gasteiger partial charge in [0.1, 0.15) is 6.07 Å². The van der Waals surface area contributed by atoms with Crippen LogP contribution in [0.3, 0.4) is 0 Å². The molecule has 0 spiro atoms. The van der Waals surface area contributed by atoms with Gasteiger partial charge in [0.25, 0.3) is 0 Å². The molecule has 0 radical (unpaired) electrons. The van der Waals surface area contributed by atoms with Crippen molar-refractivity contribution in [3.05, 3.63) is 52.2 Å². The summed E-state index contributed by atoms with van der Waals surface area (Å²) in [6.45, 7) is 10.2. The number of carbonyl (C=O) groups excluding carboxylic acids is 1. The topological polar surface area (TPSA) is 67.0 Å². The monoisotopic (exact) mass is 435 g/mol. The van der Waals surface area contributed by atoms with E-state index in [0.29, 0.717) is 18.4 Å². The van der Waals surface area contributed by atoms with Crippen LogP contribution in [-0.2, 0) is 16.6 Å². The molecular weight excluding hydrogens is 398 g/mol. The quantitative estimate of drug-likeness (QED) is 0.698. The zero-order valence-corrected chi connectivity index (χ0v) is 20.6. The molecule has 1 aliphatic carbocycles. The van der Waals surface area contributed by atoms with Crippen LogP contribution in [0.4, 0.5) is 5.69 Å². The van der Waals surface area contributed by atoms with Gasteiger partial charge >= 0.3 is 0 Å². The summed E-state index contributed by atoms with van der Waals surface area (Å²) in [7, 11) is 3.61. The Morgan fingerprint density at radius 2 is 1.78 bits per heavy atom. The molecule has 0 atom stereocenters. The molecule has 1 aliphatic rings. The van der Waals surface area contributed by atoms with Gasteiger partial charge in [-0.05, 0) is 36.3 Å². The Bertz CT molecular complexity index is 1070. The van der Waals surface area contributed by atoms with E-state index >= 15 is 0 Å². The molecule has 5 heteroatoms. The maximum Gasteiger partial charge on any atom is 0.224 e. The van der Waals surface area contributed by atoms with Crippen LogP contribution in [0.1, 0.15) is 65.9 Å². The van der Waals surface area contributed by atoms with Gasteiger partial charge in [-0.2, -0.15) is 5.26 Å². The standard InChI is InChI=1S/C22H23N3O2.C3H8.C2H6/c1-4-5-21(26)24-16-8-6-15(7-9-16)22-19(14-23)18-12-10-17(27-3)11-13-20(18)25(22)2;1-3-2;1-2/h6-9,11-13H,4-5,10H2,1-3H3,(H,24,26);3H2,1-2H3;1-2H3. The molecule has 0 fully saturated rings. The van der Waals surface area contributed by atoms with Gasteiger partial charge in [-0.1, -0.05) is 59.2 Å². The van der Waals surface area contributed by atoms with Crippen molar-refractivity contribution in [3.8, 4) is 17.3 Å². The molecule has 3 rings (SSSR count). The molecule has 0 saturated heterocycles. The second-order valence-corrected chi connectivity index (χ2v) is 7.19. The number of nitriles is 1. The zero-order valence-electron chi connectivity index (χ0n) is 20.6. The Morgan fingerprint density at radius 1 is 1.16 bits per heavy atom. The normalized spacial score (nSPS) is 11.4. The highest BCUT2D eigenvalue weighted by atomic mass is 16.5. The number of hydrogen-bond acceptors (Lipinski definition) is 3. The zero-order chi connectivity index (χ0) is 24.1. The molecule has 0 unspecified atom stereocenters. The smallest absolute Gasteiger partial charge is 0.224 e. The van der Waals surface area contributed by atoms with E-state index in [9.17, 15) is 10.1 Å². The fourth-order valence-corrected chi connectivity index (χ4v) is 3.34. The molecule has 1 heterocycles. The summed E-state index contributed by atoms with van der Waals surface area (Å²) in [5.74, 6) is 0.877. The van der Waals surface area contributed by atoms with Gasteiger partial charge in [-0.25, -0.2) is 0 Å². The van der Waals surface area contributed by atoms with E-state index in [1.165, 1.54) is 6.42 Å². The van der Waals surface area contributed by atoms with Crippen LogP contribution in [-0.4, -0.2) is 17.6 Å². The van der Waals surface area contributed by atoms with Crippen LogP contribution in [0.25, 0.3) is 23.4 Å². The highest BCUT2D eigenvalue weighted by molar-refractivity contribution is 5.91. The van der Waals surface area contributed by atoms with Crippen molar-refractivity contribution >= 4 is 23.7 Å². The Balaban J connectivity index is 0.000000944. The predicted octanol–water partition coefficient (Wildman–Crippen LogP) is 5.24. The Morgan fingerprint density at radius 3 is 2.31 bits per heavy atom. The lowest BCUT2D eigenvalue weighted by molar-refractivity contribution is -0.116. The second kappa shape index (κ2) is 13.9. The second-order valence-electron chi connectivity index (χ2n) is 7.19. The van der Waals surface area contributed by atoms with Crippen LogP contribution in [0.5, 0.6) is 0 Å². The van der Waals surface area contributed by atoms with Gasteiger partial charge in [0.15, 0.2) is 0 Å². The molecule has 1 amide bonds. The number of nitrogens with zero attached hydrogens (tertiary/aromatic N) is 2. The molecule has 5 nitrogen and oxygen atoms in total. The summed E-state index contributed by atoms with van der Waals surface area (Å²) in [5.41, 5.74) is 3.22. The van der Waals surface area contributed by atoms with Crippen molar-refractivity contribution in [2.24, 2.45) is 7.05 Å². The van der Waals surface area contributed by atoms with Crippen molar-refractivity contribution < 1.29 is 9.53 Å². The van der Waals surface area contributed by atoms with Gasteiger partial charge in [-0.3, -0.25) is 4.79 Å². The first kappa shape index (κ1) is 26.8. The van der Waals surface area contributed by atoms with Crippen molar-refractivity contribution in [3.63, 3.8) is 0 Å². The molecule has 172 valence electrons. The molecule has 0 bridgehead atoms. The fourth-order valence-electron chi connectivity index (χ4n) is 3.34. The number of benzene rings is 1. The van der Waals surface area contributed by atoms with Gasteiger partial charge in [0.05, 0.1) is 24.1 Å². The number of nitrogens with one attached hydrogen (secondary N) is 1. The third-order valence-corrected chi connectivity index (χ3v) is 4.71. The van der Waals surface area contributed by atoms with E-state index in [2.05, 4.69) is 25.2 Å². The van der Waals surface area contributed by atoms with E-state index in [-0.39, 0.29) is 5.91 Å². The van der Waals surface area contributed by atoms with E-state index in [1.54, 1.807) is 7.11 Å². The van der Waals surface area contributed by atoms with Gasteiger partial charge < -0.3 is 14.6 Å². The number of methoxy groups -OCH3 is 1. The predicted molar refractivity (Wildman–Crippen MR) is 134 cm³/mol. The van der Waals surface area contributed by atoms with Crippen molar-refractivity contribution in [2.45, 2.75) is 60.3 Å². The number of allylic oxidation sites excluding steroid dienone is 2. The first-order valence-electron chi connectivity index (χ1n) is 11.4. The highest BCUT2D eigenvalue weighted by Crippen LogP contribution is 2.23. The summed E-state index contributed by atoms with van der Waals surface area (Å²) < 4.78 is 7.37. The van der Waals surface area contributed by atoms with E-state index in [0.717, 1.165) is 39.7 Å². The van der Waals surface area contributed by atoms with Gasteiger partial charge in [-0.15, -0.1) is 0 Å². The number of ether oxygens (including phenoxy) is 1. The average Bonchev–Trinajstić information content (AvgIpc) is 2.93. The van der Waals surface area contributed by atoms with Crippen molar-refractivity contribution in [2.75, 3.05) is 12.4 Å². The van der Waals surface area contributed by atoms with E-state index in [4.69, 9.17) is 4.74 Å². The summed E-state index contributed by atoms with van der Waals surface area (Å²) in [5, 5.41) is 14.6. The number of hydrogen-bond donors (Lipinski definition) is 1. The molecular formula is C27H37N3O2. The average molecular weight is 436 g/mol. The first-order valence-corrected chi connectivity index (χ1v) is 11.4. The minimum absolute atomic E-state index is 0.0125. The third-order valence-electron chi connectivity index (χ3n) is 4.71. The number of rotatable bonds is 5. The number of aromatic nitrogens is 1.